The highest BCUT2D eigenvalue weighted by Gasteiger charge is 2.16. The largest absolute Gasteiger partial charge is 0.494 e. The average Bonchev–Trinajstić information content (AvgIpc) is 3.11. The van der Waals surface area contributed by atoms with Crippen LogP contribution < -0.4 is 9.47 Å². The van der Waals surface area contributed by atoms with Gasteiger partial charge in [0.2, 0.25) is 0 Å². The van der Waals surface area contributed by atoms with Gasteiger partial charge in [-0.2, -0.15) is 0 Å². The SMILES string of the molecule is C[N+](C)(CCCCCCCCCCOc1ccc([N+](=O)[O-])cc1)CCCCCC[N+](C)(C)CCCCCCCCCCOc1ccc([N+](=O)[O-])cc1. The van der Waals surface area contributed by atoms with Crippen molar-refractivity contribution in [1.29, 1.82) is 0 Å². The molecule has 0 saturated heterocycles. The van der Waals surface area contributed by atoms with Crippen molar-refractivity contribution < 1.29 is 28.3 Å². The van der Waals surface area contributed by atoms with Crippen molar-refractivity contribution in [1.82, 2.24) is 0 Å². The second-order valence-corrected chi connectivity index (χ2v) is 16.0. The minimum atomic E-state index is -0.389. The molecule has 0 fully saturated rings. The Bertz CT molecular complexity index is 1120. The zero-order valence-electron chi connectivity index (χ0n) is 33.2. The molecule has 0 aliphatic heterocycles. The van der Waals surface area contributed by atoms with Crippen LogP contribution in [0.3, 0.4) is 0 Å². The molecular formula is C42H72N4O6+2. The van der Waals surface area contributed by atoms with E-state index in [-0.39, 0.29) is 21.2 Å². The van der Waals surface area contributed by atoms with Gasteiger partial charge in [-0.1, -0.05) is 64.2 Å². The maximum atomic E-state index is 10.7. The summed E-state index contributed by atoms with van der Waals surface area (Å²) < 4.78 is 13.7. The zero-order chi connectivity index (χ0) is 37.9. The molecule has 52 heavy (non-hydrogen) atoms. The lowest BCUT2D eigenvalue weighted by Crippen LogP contribution is -2.41. The Kier molecular flexibility index (Phi) is 22.9. The number of quaternary nitrogens is 2. The van der Waals surface area contributed by atoms with E-state index in [1.807, 2.05) is 0 Å². The van der Waals surface area contributed by atoms with E-state index in [1.165, 1.54) is 166 Å². The van der Waals surface area contributed by atoms with Crippen LogP contribution in [0.25, 0.3) is 0 Å². The molecule has 0 saturated carbocycles. The van der Waals surface area contributed by atoms with Gasteiger partial charge in [-0.3, -0.25) is 20.2 Å². The first-order valence-corrected chi connectivity index (χ1v) is 20.4. The van der Waals surface area contributed by atoms with Gasteiger partial charge in [-0.15, -0.1) is 0 Å². The van der Waals surface area contributed by atoms with Crippen molar-refractivity contribution in [3.63, 3.8) is 0 Å². The van der Waals surface area contributed by atoms with Gasteiger partial charge in [0.05, 0.1) is 77.4 Å². The van der Waals surface area contributed by atoms with Crippen LogP contribution in [0, 0.1) is 20.2 Å². The van der Waals surface area contributed by atoms with Crippen LogP contribution in [-0.2, 0) is 0 Å². The van der Waals surface area contributed by atoms with Crippen LogP contribution >= 0.6 is 0 Å². The summed E-state index contributed by atoms with van der Waals surface area (Å²) in [5, 5.41) is 21.5. The Hall–Kier alpha value is -3.24. The molecule has 0 heterocycles. The highest BCUT2D eigenvalue weighted by atomic mass is 16.6. The molecule has 0 unspecified atom stereocenters. The third-order valence-corrected chi connectivity index (χ3v) is 10.2. The number of non-ortho nitro benzene ring substituents is 2. The third-order valence-electron chi connectivity index (χ3n) is 10.2. The molecule has 0 aliphatic rings. The van der Waals surface area contributed by atoms with Crippen molar-refractivity contribution in [2.75, 3.05) is 67.6 Å². The predicted molar refractivity (Wildman–Crippen MR) is 213 cm³/mol. The standard InChI is InChI=1S/C42H72N4O6/c1-45(2,33-19-13-9-5-7-11-17-23-37-51-41-29-25-39(26-30-41)43(47)48)35-21-15-16-22-36-46(3,4)34-20-14-10-6-8-12-18-24-38-52-42-31-27-40(28-32-42)44(49)50/h25-32H,5-24,33-38H2,1-4H3/q+2. The highest BCUT2D eigenvalue weighted by molar-refractivity contribution is 5.36. The van der Waals surface area contributed by atoms with Crippen molar-refractivity contribution >= 4 is 11.4 Å². The normalized spacial score (nSPS) is 11.8. The number of nitrogens with zero attached hydrogens (tertiary/aromatic N) is 4. The summed E-state index contributed by atoms with van der Waals surface area (Å²) >= 11 is 0. The number of unbranched alkanes of at least 4 members (excludes halogenated alkanes) is 17. The van der Waals surface area contributed by atoms with Gasteiger partial charge < -0.3 is 18.4 Å². The Morgan fingerprint density at radius 1 is 0.404 bits per heavy atom. The van der Waals surface area contributed by atoms with Gasteiger partial charge in [0.25, 0.3) is 11.4 Å². The molecule has 2 aromatic carbocycles. The Balaban J connectivity index is 1.32. The molecule has 0 bridgehead atoms. The van der Waals surface area contributed by atoms with Crippen LogP contribution in [-0.4, -0.2) is 86.4 Å². The molecule has 0 aromatic heterocycles. The zero-order valence-corrected chi connectivity index (χ0v) is 33.2. The van der Waals surface area contributed by atoms with Crippen LogP contribution in [0.5, 0.6) is 11.5 Å². The van der Waals surface area contributed by atoms with Gasteiger partial charge in [0, 0.05) is 24.3 Å². The minimum Gasteiger partial charge on any atom is -0.494 e. The molecule has 0 N–H and O–H groups in total. The molecular weight excluding hydrogens is 656 g/mol. The number of nitro benzene ring substituents is 2. The van der Waals surface area contributed by atoms with E-state index in [1.54, 1.807) is 24.3 Å². The van der Waals surface area contributed by atoms with Crippen LogP contribution in [0.1, 0.15) is 128 Å². The van der Waals surface area contributed by atoms with E-state index in [9.17, 15) is 20.2 Å². The van der Waals surface area contributed by atoms with E-state index in [4.69, 9.17) is 9.47 Å². The number of nitro groups is 2. The molecule has 10 heteroatoms. The lowest BCUT2D eigenvalue weighted by Gasteiger charge is -2.31. The molecule has 0 aliphatic carbocycles. The van der Waals surface area contributed by atoms with Gasteiger partial charge >= 0.3 is 0 Å². The van der Waals surface area contributed by atoms with Crippen molar-refractivity contribution in [3.05, 3.63) is 68.8 Å². The van der Waals surface area contributed by atoms with Crippen LogP contribution in [0.4, 0.5) is 11.4 Å². The molecule has 0 spiro atoms. The van der Waals surface area contributed by atoms with E-state index >= 15 is 0 Å². The molecule has 0 atom stereocenters. The van der Waals surface area contributed by atoms with Crippen LogP contribution in [0.15, 0.2) is 48.5 Å². The summed E-state index contributed by atoms with van der Waals surface area (Å²) in [6.07, 6.45) is 25.5. The first-order valence-electron chi connectivity index (χ1n) is 20.4. The fraction of sp³-hybridized carbons (Fsp3) is 0.714. The molecule has 0 radical (unpaired) electrons. The van der Waals surface area contributed by atoms with Crippen molar-refractivity contribution in [2.24, 2.45) is 0 Å². The predicted octanol–water partition coefficient (Wildman–Crippen LogP) is 10.9. The van der Waals surface area contributed by atoms with Gasteiger partial charge in [0.1, 0.15) is 11.5 Å². The van der Waals surface area contributed by atoms with Crippen LogP contribution in [0.2, 0.25) is 0 Å². The number of ether oxygens (including phenoxy) is 2. The number of benzene rings is 2. The topological polar surface area (TPSA) is 105 Å². The summed E-state index contributed by atoms with van der Waals surface area (Å²) in [4.78, 5) is 20.7. The van der Waals surface area contributed by atoms with Gasteiger partial charge in [0.15, 0.2) is 0 Å². The second kappa shape index (κ2) is 26.5. The Labute approximate surface area is 315 Å². The summed E-state index contributed by atoms with van der Waals surface area (Å²) in [5.41, 5.74) is 0.193. The molecule has 2 aromatic rings. The summed E-state index contributed by atoms with van der Waals surface area (Å²) in [6, 6.07) is 12.6. The van der Waals surface area contributed by atoms with E-state index in [2.05, 4.69) is 28.2 Å². The first kappa shape index (κ1) is 44.9. The number of hydrogen-bond donors (Lipinski definition) is 0. The third kappa shape index (κ3) is 22.6. The van der Waals surface area contributed by atoms with E-state index in [0.29, 0.717) is 24.7 Å². The highest BCUT2D eigenvalue weighted by Crippen LogP contribution is 2.20. The lowest BCUT2D eigenvalue weighted by atomic mass is 10.1. The first-order chi connectivity index (χ1) is 25.0. The Morgan fingerprint density at radius 3 is 0.885 bits per heavy atom. The fourth-order valence-electron chi connectivity index (χ4n) is 6.77. The minimum absolute atomic E-state index is 0.0964. The lowest BCUT2D eigenvalue weighted by molar-refractivity contribution is -0.891. The van der Waals surface area contributed by atoms with E-state index in [0.717, 1.165) is 21.8 Å². The molecule has 294 valence electrons. The smallest absolute Gasteiger partial charge is 0.269 e. The number of rotatable bonds is 33. The molecule has 10 nitrogen and oxygen atoms in total. The monoisotopic (exact) mass is 729 g/mol. The molecule has 2 rings (SSSR count). The second-order valence-electron chi connectivity index (χ2n) is 16.0. The summed E-state index contributed by atoms with van der Waals surface area (Å²) in [6.45, 7) is 6.48. The Morgan fingerprint density at radius 2 is 0.635 bits per heavy atom. The average molecular weight is 729 g/mol. The van der Waals surface area contributed by atoms with E-state index < -0.39 is 0 Å². The maximum absolute atomic E-state index is 10.7. The number of hydrogen-bond acceptors (Lipinski definition) is 6. The maximum Gasteiger partial charge on any atom is 0.269 e. The summed E-state index contributed by atoms with van der Waals surface area (Å²) in [5.74, 6) is 1.40. The van der Waals surface area contributed by atoms with Crippen molar-refractivity contribution in [3.8, 4) is 11.5 Å². The van der Waals surface area contributed by atoms with Crippen molar-refractivity contribution in [2.45, 2.75) is 128 Å². The summed E-state index contributed by atoms with van der Waals surface area (Å²) in [7, 11) is 9.61. The van der Waals surface area contributed by atoms with Gasteiger partial charge in [-0.25, -0.2) is 0 Å². The van der Waals surface area contributed by atoms with Gasteiger partial charge in [-0.05, 0) is 88.5 Å². The fourth-order valence-corrected chi connectivity index (χ4v) is 6.77. The quantitative estimate of drug-likeness (QED) is 0.0313. The molecule has 0 amide bonds.